The van der Waals surface area contributed by atoms with Gasteiger partial charge < -0.3 is 8.83 Å². The van der Waals surface area contributed by atoms with Crippen LogP contribution < -0.4 is 0 Å². The van der Waals surface area contributed by atoms with Gasteiger partial charge in [-0.15, -0.1) is 20.4 Å². The van der Waals surface area contributed by atoms with Crippen LogP contribution in [0.4, 0.5) is 0 Å². The summed E-state index contributed by atoms with van der Waals surface area (Å²) in [6.07, 6.45) is 0. The second-order valence-electron chi connectivity index (χ2n) is 6.13. The minimum atomic E-state index is 0.459. The quantitative estimate of drug-likeness (QED) is 0.363. The molecular formula is C24H20N4O2. The Morgan fingerprint density at radius 3 is 0.967 bits per heavy atom. The Morgan fingerprint density at radius 1 is 0.400 bits per heavy atom. The predicted molar refractivity (Wildman–Crippen MR) is 115 cm³/mol. The van der Waals surface area contributed by atoms with Gasteiger partial charge in [0.2, 0.25) is 23.6 Å². The normalized spacial score (nSPS) is 10.3. The van der Waals surface area contributed by atoms with Gasteiger partial charge in [-0.1, -0.05) is 50.2 Å². The van der Waals surface area contributed by atoms with Gasteiger partial charge in [-0.3, -0.25) is 0 Å². The molecular weight excluding hydrogens is 376 g/mol. The van der Waals surface area contributed by atoms with Crippen molar-refractivity contribution in [2.45, 2.75) is 13.8 Å². The van der Waals surface area contributed by atoms with E-state index in [0.717, 1.165) is 22.3 Å². The van der Waals surface area contributed by atoms with E-state index in [1.807, 2.05) is 98.8 Å². The zero-order valence-electron chi connectivity index (χ0n) is 16.7. The molecule has 148 valence electrons. The molecule has 30 heavy (non-hydrogen) atoms. The van der Waals surface area contributed by atoms with Crippen molar-refractivity contribution in [3.63, 3.8) is 0 Å². The third-order valence-corrected chi connectivity index (χ3v) is 4.27. The Morgan fingerprint density at radius 2 is 0.667 bits per heavy atom. The molecule has 0 saturated heterocycles. The maximum Gasteiger partial charge on any atom is 0.248 e. The van der Waals surface area contributed by atoms with Gasteiger partial charge in [-0.25, -0.2) is 0 Å². The summed E-state index contributed by atoms with van der Waals surface area (Å²) < 4.78 is 11.6. The first kappa shape index (κ1) is 19.3. The fourth-order valence-electron chi connectivity index (χ4n) is 2.83. The number of nitrogens with zero attached hydrogens (tertiary/aromatic N) is 4. The summed E-state index contributed by atoms with van der Waals surface area (Å²) in [7, 11) is 0. The highest BCUT2D eigenvalue weighted by atomic mass is 16.4. The van der Waals surface area contributed by atoms with Gasteiger partial charge in [0.25, 0.3) is 0 Å². The summed E-state index contributed by atoms with van der Waals surface area (Å²) in [5.41, 5.74) is 3.41. The average Bonchev–Trinajstić information content (AvgIpc) is 3.52. The number of hydrogen-bond donors (Lipinski definition) is 0. The summed E-state index contributed by atoms with van der Waals surface area (Å²) in [5, 5.41) is 16.5. The van der Waals surface area contributed by atoms with Crippen molar-refractivity contribution in [1.82, 2.24) is 20.4 Å². The molecule has 2 aromatic heterocycles. The Bertz CT molecular complexity index is 1100. The average molecular weight is 396 g/mol. The van der Waals surface area contributed by atoms with Crippen molar-refractivity contribution >= 4 is 0 Å². The van der Waals surface area contributed by atoms with E-state index in [1.54, 1.807) is 0 Å². The molecule has 0 bridgehead atoms. The van der Waals surface area contributed by atoms with Crippen molar-refractivity contribution in [1.29, 1.82) is 0 Å². The first-order valence-corrected chi connectivity index (χ1v) is 9.75. The highest BCUT2D eigenvalue weighted by Crippen LogP contribution is 2.27. The second-order valence-corrected chi connectivity index (χ2v) is 6.13. The second kappa shape index (κ2) is 8.96. The van der Waals surface area contributed by atoms with E-state index >= 15 is 0 Å². The number of aromatic nitrogens is 4. The lowest BCUT2D eigenvalue weighted by molar-refractivity contribution is 0.582. The molecule has 0 N–H and O–H groups in total. The van der Waals surface area contributed by atoms with Crippen molar-refractivity contribution < 1.29 is 8.83 Å². The van der Waals surface area contributed by atoms with Crippen LogP contribution in [0.2, 0.25) is 0 Å². The summed E-state index contributed by atoms with van der Waals surface area (Å²) in [5.74, 6) is 1.90. The molecule has 0 saturated carbocycles. The fraction of sp³-hybridized carbons (Fsp3) is 0.0833. The smallest absolute Gasteiger partial charge is 0.248 e. The van der Waals surface area contributed by atoms with E-state index in [-0.39, 0.29) is 0 Å². The van der Waals surface area contributed by atoms with E-state index in [9.17, 15) is 0 Å². The summed E-state index contributed by atoms with van der Waals surface area (Å²) in [4.78, 5) is 0. The topological polar surface area (TPSA) is 77.8 Å². The zero-order chi connectivity index (χ0) is 20.8. The lowest BCUT2D eigenvalue weighted by Crippen LogP contribution is -1.81. The van der Waals surface area contributed by atoms with Crippen LogP contribution in [0.15, 0.2) is 93.8 Å². The summed E-state index contributed by atoms with van der Waals surface area (Å²) in [6.45, 7) is 4.00. The van der Waals surface area contributed by atoms with Gasteiger partial charge in [0.15, 0.2) is 0 Å². The fourth-order valence-corrected chi connectivity index (χ4v) is 2.83. The molecule has 0 atom stereocenters. The Kier molecular flexibility index (Phi) is 5.75. The van der Waals surface area contributed by atoms with Crippen LogP contribution in [0, 0.1) is 0 Å². The number of benzene rings is 3. The minimum absolute atomic E-state index is 0.459. The first-order valence-electron chi connectivity index (χ1n) is 9.75. The zero-order valence-corrected chi connectivity index (χ0v) is 16.7. The molecule has 0 fully saturated rings. The maximum atomic E-state index is 5.79. The summed E-state index contributed by atoms with van der Waals surface area (Å²) >= 11 is 0. The molecule has 0 aliphatic rings. The molecule has 0 aliphatic carbocycles. The molecule has 0 radical (unpaired) electrons. The molecule has 5 rings (SSSR count). The van der Waals surface area contributed by atoms with E-state index in [2.05, 4.69) is 20.4 Å². The maximum absolute atomic E-state index is 5.79. The van der Waals surface area contributed by atoms with Gasteiger partial charge in [0.05, 0.1) is 0 Å². The van der Waals surface area contributed by atoms with Crippen LogP contribution in [-0.4, -0.2) is 20.4 Å². The largest absolute Gasteiger partial charge is 0.416 e. The molecule has 5 aromatic rings. The van der Waals surface area contributed by atoms with Gasteiger partial charge >= 0.3 is 0 Å². The molecule has 6 heteroatoms. The molecule has 0 spiro atoms. The molecule has 2 heterocycles. The van der Waals surface area contributed by atoms with Crippen LogP contribution in [-0.2, 0) is 0 Å². The van der Waals surface area contributed by atoms with Crippen molar-refractivity contribution in [3.05, 3.63) is 84.9 Å². The van der Waals surface area contributed by atoms with Crippen LogP contribution in [0.3, 0.4) is 0 Å². The minimum Gasteiger partial charge on any atom is -0.416 e. The summed E-state index contributed by atoms with van der Waals surface area (Å²) in [6, 6.07) is 26.9. The number of rotatable bonds is 4. The Labute approximate surface area is 174 Å². The first-order chi connectivity index (χ1) is 14.9. The third kappa shape index (κ3) is 4.03. The monoisotopic (exact) mass is 396 g/mol. The van der Waals surface area contributed by atoms with Crippen LogP contribution in [0.1, 0.15) is 13.8 Å². The Hall–Kier alpha value is -4.06. The lowest BCUT2D eigenvalue weighted by Gasteiger charge is -1.98. The molecule has 0 unspecified atom stereocenters. The molecule has 3 aromatic carbocycles. The third-order valence-electron chi connectivity index (χ3n) is 4.27. The van der Waals surface area contributed by atoms with Gasteiger partial charge in [0, 0.05) is 22.3 Å². The van der Waals surface area contributed by atoms with Crippen molar-refractivity contribution in [2.75, 3.05) is 0 Å². The molecule has 0 aliphatic heterocycles. The van der Waals surface area contributed by atoms with Crippen LogP contribution in [0.5, 0.6) is 0 Å². The molecule has 0 amide bonds. The Balaban J connectivity index is 0.00000106. The van der Waals surface area contributed by atoms with Gasteiger partial charge in [-0.2, -0.15) is 0 Å². The van der Waals surface area contributed by atoms with E-state index in [4.69, 9.17) is 8.83 Å². The number of hydrogen-bond acceptors (Lipinski definition) is 6. The highest BCUT2D eigenvalue weighted by Gasteiger charge is 2.13. The predicted octanol–water partition coefficient (Wildman–Crippen LogP) is 6.15. The van der Waals surface area contributed by atoms with Crippen LogP contribution >= 0.6 is 0 Å². The van der Waals surface area contributed by atoms with Gasteiger partial charge in [0.1, 0.15) is 0 Å². The van der Waals surface area contributed by atoms with Crippen molar-refractivity contribution in [3.8, 4) is 45.8 Å². The van der Waals surface area contributed by atoms with E-state index in [1.165, 1.54) is 0 Å². The highest BCUT2D eigenvalue weighted by molar-refractivity contribution is 5.63. The molecule has 6 nitrogen and oxygen atoms in total. The standard InChI is InChI=1S/C22H14N4O2.C2H6/c1-3-7-15(8-4-1)19-23-25-21(27-19)17-11-13-18(14-12-17)22-26-24-20(28-22)16-9-5-2-6-10-16;1-2/h1-14H;1-2H3. The van der Waals surface area contributed by atoms with Crippen molar-refractivity contribution in [2.24, 2.45) is 0 Å². The van der Waals surface area contributed by atoms with E-state index < -0.39 is 0 Å². The SMILES string of the molecule is CC.c1ccc(-c2nnc(-c3ccc(-c4nnc(-c5ccccc5)o4)cc3)o2)cc1. The van der Waals surface area contributed by atoms with E-state index in [0.29, 0.717) is 23.6 Å². The lowest BCUT2D eigenvalue weighted by atomic mass is 10.1. The van der Waals surface area contributed by atoms with Crippen LogP contribution in [0.25, 0.3) is 45.8 Å². The van der Waals surface area contributed by atoms with Gasteiger partial charge in [-0.05, 0) is 48.5 Å².